The molecule has 0 radical (unpaired) electrons. The van der Waals surface area contributed by atoms with Gasteiger partial charge in [0.1, 0.15) is 48.7 Å². The second-order valence-electron chi connectivity index (χ2n) is 7.00. The van der Waals surface area contributed by atoms with Crippen molar-refractivity contribution in [1.29, 1.82) is 0 Å². The van der Waals surface area contributed by atoms with E-state index in [1.165, 1.54) is 0 Å². The molecular formula is C16H28N2O11. The predicted octanol–water partition coefficient (Wildman–Crippen LogP) is -5.11. The lowest BCUT2D eigenvalue weighted by atomic mass is 9.94. The van der Waals surface area contributed by atoms with Gasteiger partial charge in [-0.05, 0) is 0 Å². The van der Waals surface area contributed by atoms with Gasteiger partial charge in [-0.1, -0.05) is 0 Å². The van der Waals surface area contributed by atoms with Crippen LogP contribution in [0.5, 0.6) is 0 Å². The number of carbonyl (C=O) groups excluding carboxylic acids is 2. The molecule has 0 aliphatic carbocycles. The van der Waals surface area contributed by atoms with Gasteiger partial charge in [-0.2, -0.15) is 0 Å². The molecule has 2 fully saturated rings. The summed E-state index contributed by atoms with van der Waals surface area (Å²) in [5.74, 6) is -1.16. The normalized spacial score (nSPS) is 42.9. The number of rotatable bonds is 6. The minimum Gasteiger partial charge on any atom is -0.394 e. The van der Waals surface area contributed by atoms with E-state index in [9.17, 15) is 40.2 Å². The summed E-state index contributed by atoms with van der Waals surface area (Å²) in [5.41, 5.74) is 0. The van der Waals surface area contributed by atoms with Crippen LogP contribution >= 0.6 is 0 Å². The van der Waals surface area contributed by atoms with Crippen LogP contribution in [0.15, 0.2) is 0 Å². The zero-order valence-electron chi connectivity index (χ0n) is 15.9. The number of hydrogen-bond acceptors (Lipinski definition) is 11. The number of aliphatic hydroxyl groups is 6. The lowest BCUT2D eigenvalue weighted by molar-refractivity contribution is -0.323. The molecule has 0 aromatic rings. The van der Waals surface area contributed by atoms with Crippen LogP contribution in [0.4, 0.5) is 0 Å². The van der Waals surface area contributed by atoms with Gasteiger partial charge >= 0.3 is 0 Å². The summed E-state index contributed by atoms with van der Waals surface area (Å²) in [5, 5.41) is 64.5. The Morgan fingerprint density at radius 1 is 0.828 bits per heavy atom. The predicted molar refractivity (Wildman–Crippen MR) is 91.8 cm³/mol. The van der Waals surface area contributed by atoms with E-state index in [0.29, 0.717) is 0 Å². The Kier molecular flexibility index (Phi) is 8.28. The fraction of sp³-hybridized carbons (Fsp3) is 0.875. The van der Waals surface area contributed by atoms with E-state index in [1.807, 2.05) is 0 Å². The minimum atomic E-state index is -1.66. The average Bonchev–Trinajstić information content (AvgIpc) is 2.65. The van der Waals surface area contributed by atoms with Crippen molar-refractivity contribution in [3.05, 3.63) is 0 Å². The summed E-state index contributed by atoms with van der Waals surface area (Å²) in [7, 11) is 0. The molecule has 13 heteroatoms. The highest BCUT2D eigenvalue weighted by molar-refractivity contribution is 5.73. The molecule has 29 heavy (non-hydrogen) atoms. The van der Waals surface area contributed by atoms with E-state index in [-0.39, 0.29) is 0 Å². The Hall–Kier alpha value is -1.42. The molecule has 0 aromatic heterocycles. The van der Waals surface area contributed by atoms with E-state index in [0.717, 1.165) is 13.8 Å². The second-order valence-corrected chi connectivity index (χ2v) is 7.00. The molecule has 2 aliphatic heterocycles. The van der Waals surface area contributed by atoms with E-state index in [2.05, 4.69) is 10.6 Å². The number of ether oxygens (including phenoxy) is 3. The van der Waals surface area contributed by atoms with E-state index in [1.54, 1.807) is 0 Å². The van der Waals surface area contributed by atoms with Crippen LogP contribution in [-0.2, 0) is 23.8 Å². The smallest absolute Gasteiger partial charge is 0.217 e. The summed E-state index contributed by atoms with van der Waals surface area (Å²) < 4.78 is 16.2. The number of carbonyl (C=O) groups is 2. The zero-order valence-corrected chi connectivity index (χ0v) is 15.9. The number of hydrogen-bond donors (Lipinski definition) is 8. The molecule has 0 unspecified atom stereocenters. The first-order valence-electron chi connectivity index (χ1n) is 9.05. The van der Waals surface area contributed by atoms with Gasteiger partial charge < -0.3 is 55.5 Å². The molecule has 0 saturated carbocycles. The van der Waals surface area contributed by atoms with E-state index >= 15 is 0 Å². The molecule has 13 nitrogen and oxygen atoms in total. The summed E-state index contributed by atoms with van der Waals surface area (Å²) in [6.45, 7) is 0.959. The lowest BCUT2D eigenvalue weighted by Gasteiger charge is -2.47. The Labute approximate surface area is 166 Å². The Bertz CT molecular complexity index is 579. The molecule has 2 saturated heterocycles. The van der Waals surface area contributed by atoms with Gasteiger partial charge in [0.2, 0.25) is 11.8 Å². The van der Waals surface area contributed by atoms with Crippen LogP contribution in [0.2, 0.25) is 0 Å². The number of amides is 2. The Morgan fingerprint density at radius 3 is 1.86 bits per heavy atom. The molecular weight excluding hydrogens is 396 g/mol. The van der Waals surface area contributed by atoms with E-state index < -0.39 is 86.3 Å². The molecule has 0 bridgehead atoms. The first-order valence-corrected chi connectivity index (χ1v) is 9.05. The van der Waals surface area contributed by atoms with Crippen molar-refractivity contribution >= 4 is 11.8 Å². The summed E-state index contributed by atoms with van der Waals surface area (Å²) in [6.07, 6.45) is -11.8. The lowest BCUT2D eigenvalue weighted by Crippen LogP contribution is -2.69. The van der Waals surface area contributed by atoms with Crippen LogP contribution in [-0.4, -0.2) is 117 Å². The molecule has 8 N–H and O–H groups in total. The molecule has 168 valence electrons. The highest BCUT2D eigenvalue weighted by Gasteiger charge is 2.51. The Morgan fingerprint density at radius 2 is 1.34 bits per heavy atom. The molecule has 2 rings (SSSR count). The number of aliphatic hydroxyl groups excluding tert-OH is 6. The monoisotopic (exact) mass is 424 g/mol. The van der Waals surface area contributed by atoms with Gasteiger partial charge in [0.25, 0.3) is 0 Å². The van der Waals surface area contributed by atoms with Crippen LogP contribution in [0, 0.1) is 0 Å². The van der Waals surface area contributed by atoms with Gasteiger partial charge in [0.15, 0.2) is 12.6 Å². The quantitative estimate of drug-likeness (QED) is 0.202. The topological polar surface area (TPSA) is 207 Å². The summed E-state index contributed by atoms with van der Waals surface area (Å²) >= 11 is 0. The second kappa shape index (κ2) is 10.1. The van der Waals surface area contributed by atoms with Gasteiger partial charge in [0.05, 0.1) is 13.2 Å². The largest absolute Gasteiger partial charge is 0.394 e. The Balaban J connectivity index is 2.31. The molecule has 0 aromatic carbocycles. The van der Waals surface area contributed by atoms with E-state index in [4.69, 9.17) is 14.2 Å². The average molecular weight is 424 g/mol. The molecule has 10 atom stereocenters. The van der Waals surface area contributed by atoms with Crippen LogP contribution in [0.3, 0.4) is 0 Å². The van der Waals surface area contributed by atoms with Crippen molar-refractivity contribution in [2.75, 3.05) is 13.2 Å². The minimum absolute atomic E-state index is 0.576. The zero-order chi connectivity index (χ0) is 21.9. The molecule has 2 amide bonds. The highest BCUT2D eigenvalue weighted by atomic mass is 16.7. The van der Waals surface area contributed by atoms with Gasteiger partial charge in [-0.3, -0.25) is 9.59 Å². The van der Waals surface area contributed by atoms with Crippen molar-refractivity contribution in [2.45, 2.75) is 75.1 Å². The van der Waals surface area contributed by atoms with Crippen molar-refractivity contribution in [3.63, 3.8) is 0 Å². The third-order valence-electron chi connectivity index (χ3n) is 4.78. The van der Waals surface area contributed by atoms with Crippen LogP contribution < -0.4 is 10.6 Å². The molecule has 2 heterocycles. The fourth-order valence-electron chi connectivity index (χ4n) is 3.38. The standard InChI is InChI=1S/C16H28N2O11/c1-5(21)17-9-13(25)11(23)7(3-19)28-16(9)29-14-10(18-6(2)22)15(26)27-8(4-20)12(14)24/h7-16,19-20,23-26H,3-4H2,1-2H3,(H,17,21)(H,18,22)/t7-,8-,9-,10-,11-,12+,13+,14+,15+,16-/m0/s1. The van der Waals surface area contributed by atoms with Gasteiger partial charge in [-0.15, -0.1) is 0 Å². The molecule has 2 aliphatic rings. The summed E-state index contributed by atoms with van der Waals surface area (Å²) in [6, 6.07) is -2.59. The van der Waals surface area contributed by atoms with Crippen molar-refractivity contribution < 1.29 is 54.4 Å². The fourth-order valence-corrected chi connectivity index (χ4v) is 3.38. The molecule has 0 spiro atoms. The number of nitrogens with one attached hydrogen (secondary N) is 2. The maximum atomic E-state index is 11.5. The first-order chi connectivity index (χ1) is 13.6. The highest BCUT2D eigenvalue weighted by Crippen LogP contribution is 2.28. The third-order valence-corrected chi connectivity index (χ3v) is 4.78. The summed E-state index contributed by atoms with van der Waals surface area (Å²) in [4.78, 5) is 23.0. The van der Waals surface area contributed by atoms with Gasteiger partial charge in [-0.25, -0.2) is 0 Å². The SMILES string of the molecule is CC(=O)N[C@@H]1[C@H](O[C@H]2[C@H](O)[C@H](CO)O[C@@H](O)[C@H]2NC(C)=O)O[C@@H](CO)[C@H](O)[C@@H]1O. The van der Waals surface area contributed by atoms with Crippen LogP contribution in [0.1, 0.15) is 13.8 Å². The maximum Gasteiger partial charge on any atom is 0.217 e. The van der Waals surface area contributed by atoms with Crippen molar-refractivity contribution in [3.8, 4) is 0 Å². The first kappa shape index (κ1) is 23.9. The van der Waals surface area contributed by atoms with Crippen molar-refractivity contribution in [2.24, 2.45) is 0 Å². The maximum absolute atomic E-state index is 11.5. The van der Waals surface area contributed by atoms with Crippen molar-refractivity contribution in [1.82, 2.24) is 10.6 Å². The van der Waals surface area contributed by atoms with Crippen LogP contribution in [0.25, 0.3) is 0 Å². The third kappa shape index (κ3) is 5.39. The van der Waals surface area contributed by atoms with Gasteiger partial charge in [0, 0.05) is 13.8 Å².